The first-order valence-electron chi connectivity index (χ1n) is 6.03. The van der Waals surface area contributed by atoms with Gasteiger partial charge in [-0.2, -0.15) is 0 Å². The summed E-state index contributed by atoms with van der Waals surface area (Å²) in [5.74, 6) is 0.256. The molecule has 4 heteroatoms. The lowest BCUT2D eigenvalue weighted by atomic mass is 10.1. The predicted molar refractivity (Wildman–Crippen MR) is 67.2 cm³/mol. The van der Waals surface area contributed by atoms with Crippen molar-refractivity contribution in [2.24, 2.45) is 0 Å². The van der Waals surface area contributed by atoms with E-state index in [0.29, 0.717) is 10.8 Å². The molecule has 0 radical (unpaired) electrons. The lowest BCUT2D eigenvalue weighted by Gasteiger charge is -2.31. The second kappa shape index (κ2) is 5.69. The molecule has 0 N–H and O–H groups in total. The van der Waals surface area contributed by atoms with Crippen LogP contribution in [-0.4, -0.2) is 30.6 Å². The van der Waals surface area contributed by atoms with E-state index in [1.807, 2.05) is 0 Å². The van der Waals surface area contributed by atoms with Crippen molar-refractivity contribution in [1.29, 1.82) is 0 Å². The molecule has 1 aromatic rings. The lowest BCUT2D eigenvalue weighted by Crippen LogP contribution is -2.38. The Morgan fingerprint density at radius 2 is 2.12 bits per heavy atom. The highest BCUT2D eigenvalue weighted by Gasteiger charge is 2.20. The van der Waals surface area contributed by atoms with Crippen molar-refractivity contribution in [3.8, 4) is 5.75 Å². The van der Waals surface area contributed by atoms with E-state index in [2.05, 4.69) is 11.8 Å². The first-order valence-corrected chi connectivity index (χ1v) is 6.41. The fourth-order valence-electron chi connectivity index (χ4n) is 2.09. The van der Waals surface area contributed by atoms with Crippen LogP contribution in [0.1, 0.15) is 19.8 Å². The van der Waals surface area contributed by atoms with Gasteiger partial charge in [0.2, 0.25) is 0 Å². The minimum Gasteiger partial charge on any atom is -0.489 e. The van der Waals surface area contributed by atoms with E-state index < -0.39 is 0 Å². The molecule has 0 aromatic heterocycles. The molecule has 0 atom stereocenters. The summed E-state index contributed by atoms with van der Waals surface area (Å²) < 4.78 is 18.7. The zero-order chi connectivity index (χ0) is 12.3. The van der Waals surface area contributed by atoms with Crippen LogP contribution in [0.4, 0.5) is 4.39 Å². The molecule has 0 aliphatic carbocycles. The minimum atomic E-state index is -0.330. The van der Waals surface area contributed by atoms with E-state index in [1.165, 1.54) is 12.1 Å². The molecule has 2 rings (SSSR count). The maximum Gasteiger partial charge on any atom is 0.138 e. The second-order valence-electron chi connectivity index (χ2n) is 4.33. The van der Waals surface area contributed by atoms with Gasteiger partial charge in [0, 0.05) is 13.1 Å². The molecule has 0 spiro atoms. The van der Waals surface area contributed by atoms with E-state index >= 15 is 0 Å². The van der Waals surface area contributed by atoms with Crippen molar-refractivity contribution in [3.05, 3.63) is 29.0 Å². The molecule has 1 heterocycles. The number of rotatable bonds is 3. The average Bonchev–Trinajstić information content (AvgIpc) is 2.34. The van der Waals surface area contributed by atoms with Gasteiger partial charge >= 0.3 is 0 Å². The summed E-state index contributed by atoms with van der Waals surface area (Å²) in [5.41, 5.74) is 0. The van der Waals surface area contributed by atoms with E-state index in [1.54, 1.807) is 6.07 Å². The molecule has 0 saturated carbocycles. The molecule has 0 unspecified atom stereocenters. The SMILES string of the molecule is CCN1CCC(Oc2ccc(F)cc2Cl)CC1. The molecule has 17 heavy (non-hydrogen) atoms. The number of hydrogen-bond donors (Lipinski definition) is 0. The van der Waals surface area contributed by atoms with Crippen LogP contribution in [0.3, 0.4) is 0 Å². The third-order valence-corrected chi connectivity index (χ3v) is 3.46. The molecule has 1 saturated heterocycles. The zero-order valence-corrected chi connectivity index (χ0v) is 10.7. The molecule has 2 nitrogen and oxygen atoms in total. The monoisotopic (exact) mass is 257 g/mol. The highest BCUT2D eigenvalue weighted by atomic mass is 35.5. The van der Waals surface area contributed by atoms with Crippen LogP contribution in [-0.2, 0) is 0 Å². The largest absolute Gasteiger partial charge is 0.489 e. The van der Waals surface area contributed by atoms with Gasteiger partial charge in [-0.3, -0.25) is 0 Å². The van der Waals surface area contributed by atoms with Crippen LogP contribution in [0.25, 0.3) is 0 Å². The summed E-state index contributed by atoms with van der Waals surface area (Å²) in [4.78, 5) is 2.39. The number of nitrogens with zero attached hydrogens (tertiary/aromatic N) is 1. The Morgan fingerprint density at radius 3 is 2.71 bits per heavy atom. The quantitative estimate of drug-likeness (QED) is 0.824. The van der Waals surface area contributed by atoms with Gasteiger partial charge in [0.25, 0.3) is 0 Å². The van der Waals surface area contributed by atoms with Crippen LogP contribution in [0.2, 0.25) is 5.02 Å². The number of piperidine rings is 1. The van der Waals surface area contributed by atoms with Crippen LogP contribution in [0.15, 0.2) is 18.2 Å². The Labute approximate surface area is 106 Å². The second-order valence-corrected chi connectivity index (χ2v) is 4.73. The highest BCUT2D eigenvalue weighted by Crippen LogP contribution is 2.27. The predicted octanol–water partition coefficient (Wildman–Crippen LogP) is 3.34. The topological polar surface area (TPSA) is 12.5 Å². The molecule has 1 aliphatic heterocycles. The van der Waals surface area contributed by atoms with Crippen molar-refractivity contribution in [2.75, 3.05) is 19.6 Å². The Bertz CT molecular complexity index is 378. The van der Waals surface area contributed by atoms with Gasteiger partial charge in [0.1, 0.15) is 17.7 Å². The average molecular weight is 258 g/mol. The molecule has 1 fully saturated rings. The Balaban J connectivity index is 1.93. The molecular formula is C13H17ClFNO. The third kappa shape index (κ3) is 3.33. The standard InChI is InChI=1S/C13H17ClFNO/c1-2-16-7-5-11(6-8-16)17-13-4-3-10(15)9-12(13)14/h3-4,9,11H,2,5-8H2,1H3. The summed E-state index contributed by atoms with van der Waals surface area (Å²) in [6.07, 6.45) is 2.20. The highest BCUT2D eigenvalue weighted by molar-refractivity contribution is 6.32. The molecule has 0 amide bonds. The van der Waals surface area contributed by atoms with Gasteiger partial charge in [-0.1, -0.05) is 18.5 Å². The summed E-state index contributed by atoms with van der Waals surface area (Å²) in [7, 11) is 0. The van der Waals surface area contributed by atoms with Crippen LogP contribution in [0.5, 0.6) is 5.75 Å². The van der Waals surface area contributed by atoms with Gasteiger partial charge < -0.3 is 9.64 Å². The smallest absolute Gasteiger partial charge is 0.138 e. The van der Waals surface area contributed by atoms with E-state index in [4.69, 9.17) is 16.3 Å². The summed E-state index contributed by atoms with van der Waals surface area (Å²) in [6, 6.07) is 4.27. The Kier molecular flexibility index (Phi) is 4.24. The lowest BCUT2D eigenvalue weighted by molar-refractivity contribution is 0.104. The van der Waals surface area contributed by atoms with Crippen molar-refractivity contribution >= 4 is 11.6 Å². The molecular weight excluding hydrogens is 241 g/mol. The van der Waals surface area contributed by atoms with Crippen molar-refractivity contribution in [2.45, 2.75) is 25.9 Å². The summed E-state index contributed by atoms with van der Waals surface area (Å²) in [6.45, 7) is 5.36. The maximum atomic E-state index is 12.9. The van der Waals surface area contributed by atoms with Crippen molar-refractivity contribution in [1.82, 2.24) is 4.90 Å². The zero-order valence-electron chi connectivity index (χ0n) is 9.96. The normalized spacial score (nSPS) is 18.3. The van der Waals surface area contributed by atoms with E-state index in [-0.39, 0.29) is 11.9 Å². The fourth-order valence-corrected chi connectivity index (χ4v) is 2.31. The molecule has 94 valence electrons. The first-order chi connectivity index (χ1) is 8.19. The Morgan fingerprint density at radius 1 is 1.41 bits per heavy atom. The summed E-state index contributed by atoms with van der Waals surface area (Å²) >= 11 is 5.93. The van der Waals surface area contributed by atoms with E-state index in [9.17, 15) is 4.39 Å². The number of ether oxygens (including phenoxy) is 1. The number of halogens is 2. The summed E-state index contributed by atoms with van der Waals surface area (Å²) in [5, 5.41) is 0.350. The van der Waals surface area contributed by atoms with Gasteiger partial charge in [-0.05, 0) is 37.6 Å². The van der Waals surface area contributed by atoms with Crippen LogP contribution in [0, 0.1) is 5.82 Å². The third-order valence-electron chi connectivity index (χ3n) is 3.17. The minimum absolute atomic E-state index is 0.195. The van der Waals surface area contributed by atoms with E-state index in [0.717, 1.165) is 32.5 Å². The van der Waals surface area contributed by atoms with Crippen molar-refractivity contribution in [3.63, 3.8) is 0 Å². The van der Waals surface area contributed by atoms with Crippen LogP contribution < -0.4 is 4.74 Å². The van der Waals surface area contributed by atoms with Gasteiger partial charge in [-0.25, -0.2) is 4.39 Å². The number of benzene rings is 1. The maximum absolute atomic E-state index is 12.9. The van der Waals surface area contributed by atoms with Crippen LogP contribution >= 0.6 is 11.6 Å². The van der Waals surface area contributed by atoms with Gasteiger partial charge in [-0.15, -0.1) is 0 Å². The first kappa shape index (κ1) is 12.7. The number of likely N-dealkylation sites (tertiary alicyclic amines) is 1. The molecule has 0 bridgehead atoms. The molecule has 1 aromatic carbocycles. The van der Waals surface area contributed by atoms with Crippen molar-refractivity contribution < 1.29 is 9.13 Å². The number of hydrogen-bond acceptors (Lipinski definition) is 2. The molecule has 1 aliphatic rings. The van der Waals surface area contributed by atoms with Gasteiger partial charge in [0.05, 0.1) is 5.02 Å². The Hall–Kier alpha value is -0.800. The fraction of sp³-hybridized carbons (Fsp3) is 0.538. The van der Waals surface area contributed by atoms with Gasteiger partial charge in [0.15, 0.2) is 0 Å².